The van der Waals surface area contributed by atoms with Gasteiger partial charge in [-0.2, -0.15) is 0 Å². The number of carbonyl (C=O) groups excluding carboxylic acids is 1. The minimum absolute atomic E-state index is 0.0625. The predicted octanol–water partition coefficient (Wildman–Crippen LogP) is 6.90. The number of hydrogen-bond acceptors (Lipinski definition) is 4. The first-order valence-corrected chi connectivity index (χ1v) is 14.2. The van der Waals surface area contributed by atoms with Gasteiger partial charge in [0.15, 0.2) is 0 Å². The third-order valence-electron chi connectivity index (χ3n) is 7.49. The van der Waals surface area contributed by atoms with Gasteiger partial charge in [-0.25, -0.2) is 13.6 Å². The largest absolute Gasteiger partial charge is 0.444 e. The van der Waals surface area contributed by atoms with Crippen LogP contribution in [0.3, 0.4) is 0 Å². The van der Waals surface area contributed by atoms with E-state index in [1.807, 2.05) is 0 Å². The molecule has 39 heavy (non-hydrogen) atoms. The molecule has 1 aliphatic carbocycles. The summed E-state index contributed by atoms with van der Waals surface area (Å²) in [6, 6.07) is 11.5. The highest BCUT2D eigenvalue weighted by Crippen LogP contribution is 2.38. The number of benzene rings is 2. The van der Waals surface area contributed by atoms with Gasteiger partial charge in [0.25, 0.3) is 0 Å². The number of ether oxygens (including phenoxy) is 1. The van der Waals surface area contributed by atoms with E-state index < -0.39 is 35.5 Å². The Morgan fingerprint density at radius 2 is 1.56 bits per heavy atom. The van der Waals surface area contributed by atoms with Gasteiger partial charge in [-0.05, 0) is 80.7 Å². The first-order chi connectivity index (χ1) is 18.2. The summed E-state index contributed by atoms with van der Waals surface area (Å²) >= 11 is 0. The normalized spacial score (nSPS) is 17.4. The smallest absolute Gasteiger partial charge is 0.407 e. The van der Waals surface area contributed by atoms with Crippen LogP contribution in [0.15, 0.2) is 42.5 Å². The molecular formula is C32H46F2N2O3. The fraction of sp³-hybridized carbons (Fsp3) is 0.594. The van der Waals surface area contributed by atoms with E-state index in [9.17, 15) is 18.7 Å². The zero-order valence-electron chi connectivity index (χ0n) is 24.4. The molecule has 3 rings (SSSR count). The Labute approximate surface area is 232 Å². The number of hydrogen-bond donors (Lipinski definition) is 3. The standard InChI is InChI=1S/C32H46F2N2O3/c1-30(2,3)23-11-13-24(14-12-23)32(16-8-7-9-17-32)35-21-28(37)27(36-29(38)39-31(4,5)6)15-10-22-18-25(33)20-26(34)19-22/h11-14,18-20,27-28,35,37H,7-10,15-17,21H2,1-6H3,(H,36,38)/t27-,28+/m0/s1. The maximum Gasteiger partial charge on any atom is 0.407 e. The predicted molar refractivity (Wildman–Crippen MR) is 152 cm³/mol. The number of halogens is 2. The van der Waals surface area contributed by atoms with E-state index >= 15 is 0 Å². The van der Waals surface area contributed by atoms with Crippen LogP contribution < -0.4 is 10.6 Å². The van der Waals surface area contributed by atoms with Gasteiger partial charge in [0.1, 0.15) is 17.2 Å². The molecule has 2 aromatic carbocycles. The number of aryl methyl sites for hydroxylation is 1. The molecule has 2 aromatic rings. The summed E-state index contributed by atoms with van der Waals surface area (Å²) in [6.45, 7) is 12.2. The lowest BCUT2D eigenvalue weighted by Gasteiger charge is -2.40. The minimum Gasteiger partial charge on any atom is -0.444 e. The van der Waals surface area contributed by atoms with Crippen molar-refractivity contribution in [2.75, 3.05) is 6.54 Å². The van der Waals surface area contributed by atoms with Crippen molar-refractivity contribution >= 4 is 6.09 Å². The molecule has 1 saturated carbocycles. The molecule has 5 nitrogen and oxygen atoms in total. The fourth-order valence-corrected chi connectivity index (χ4v) is 5.35. The molecule has 0 bridgehead atoms. The SMILES string of the molecule is CC(C)(C)OC(=O)N[C@@H](CCc1cc(F)cc(F)c1)[C@H](O)CNC1(c2ccc(C(C)(C)C)cc2)CCCCC1. The monoisotopic (exact) mass is 544 g/mol. The van der Waals surface area contributed by atoms with E-state index in [2.05, 4.69) is 55.7 Å². The van der Waals surface area contributed by atoms with Crippen LogP contribution in [-0.2, 0) is 22.1 Å². The van der Waals surface area contributed by atoms with Gasteiger partial charge in [0.2, 0.25) is 0 Å². The molecule has 2 atom stereocenters. The molecule has 0 aliphatic heterocycles. The fourth-order valence-electron chi connectivity index (χ4n) is 5.35. The van der Waals surface area contributed by atoms with Crippen molar-refractivity contribution in [3.8, 4) is 0 Å². The maximum atomic E-state index is 13.7. The summed E-state index contributed by atoms with van der Waals surface area (Å²) in [5, 5.41) is 17.8. The van der Waals surface area contributed by atoms with Crippen molar-refractivity contribution in [3.63, 3.8) is 0 Å². The number of carbonyl (C=O) groups is 1. The van der Waals surface area contributed by atoms with Gasteiger partial charge in [0.05, 0.1) is 12.1 Å². The number of aliphatic hydroxyl groups excluding tert-OH is 1. The second-order valence-electron chi connectivity index (χ2n) is 13.0. The summed E-state index contributed by atoms with van der Waals surface area (Å²) in [4.78, 5) is 12.6. The van der Waals surface area contributed by atoms with Crippen molar-refractivity contribution in [2.24, 2.45) is 0 Å². The van der Waals surface area contributed by atoms with Crippen LogP contribution in [0.5, 0.6) is 0 Å². The Morgan fingerprint density at radius 3 is 2.10 bits per heavy atom. The highest BCUT2D eigenvalue weighted by molar-refractivity contribution is 5.68. The van der Waals surface area contributed by atoms with Crippen molar-refractivity contribution in [1.29, 1.82) is 0 Å². The highest BCUT2D eigenvalue weighted by Gasteiger charge is 2.35. The number of alkyl carbamates (subject to hydrolysis) is 1. The van der Waals surface area contributed by atoms with E-state index in [-0.39, 0.29) is 30.3 Å². The van der Waals surface area contributed by atoms with Crippen LogP contribution in [0.25, 0.3) is 0 Å². The maximum absolute atomic E-state index is 13.7. The van der Waals surface area contributed by atoms with E-state index in [0.29, 0.717) is 5.56 Å². The Balaban J connectivity index is 1.77. The molecule has 0 unspecified atom stereocenters. The van der Waals surface area contributed by atoms with E-state index in [1.54, 1.807) is 20.8 Å². The average molecular weight is 545 g/mol. The first kappa shape index (κ1) is 31.0. The molecule has 1 amide bonds. The third-order valence-corrected chi connectivity index (χ3v) is 7.49. The first-order valence-electron chi connectivity index (χ1n) is 14.2. The number of amides is 1. The summed E-state index contributed by atoms with van der Waals surface area (Å²) < 4.78 is 32.9. The van der Waals surface area contributed by atoms with E-state index in [0.717, 1.165) is 31.7 Å². The number of nitrogens with one attached hydrogen (secondary N) is 2. The van der Waals surface area contributed by atoms with Gasteiger partial charge in [-0.1, -0.05) is 64.3 Å². The number of aliphatic hydroxyl groups is 1. The third kappa shape index (κ3) is 9.28. The number of rotatable bonds is 9. The lowest BCUT2D eigenvalue weighted by Crippen LogP contribution is -2.53. The molecule has 0 spiro atoms. The molecule has 3 N–H and O–H groups in total. The van der Waals surface area contributed by atoms with E-state index in [1.165, 1.54) is 29.7 Å². The molecule has 0 aromatic heterocycles. The Kier molecular flexibility index (Phi) is 10.2. The molecule has 1 aliphatic rings. The van der Waals surface area contributed by atoms with Gasteiger partial charge in [0, 0.05) is 18.2 Å². The summed E-state index contributed by atoms with van der Waals surface area (Å²) in [5.41, 5.74) is 2.04. The zero-order valence-corrected chi connectivity index (χ0v) is 24.4. The minimum atomic E-state index is -0.941. The highest BCUT2D eigenvalue weighted by atomic mass is 19.1. The van der Waals surface area contributed by atoms with Crippen molar-refractivity contribution in [2.45, 2.75) is 115 Å². The van der Waals surface area contributed by atoms with Crippen LogP contribution >= 0.6 is 0 Å². The van der Waals surface area contributed by atoms with Crippen LogP contribution in [-0.4, -0.2) is 35.5 Å². The van der Waals surface area contributed by atoms with Crippen LogP contribution in [0, 0.1) is 11.6 Å². The Bertz CT molecular complexity index is 1060. The van der Waals surface area contributed by atoms with Crippen LogP contribution in [0.2, 0.25) is 0 Å². The molecule has 1 fully saturated rings. The molecule has 0 heterocycles. The van der Waals surface area contributed by atoms with Crippen molar-refractivity contribution in [1.82, 2.24) is 10.6 Å². The Morgan fingerprint density at radius 1 is 0.974 bits per heavy atom. The second kappa shape index (κ2) is 12.8. The van der Waals surface area contributed by atoms with Crippen molar-refractivity contribution < 1.29 is 23.4 Å². The summed E-state index contributed by atoms with van der Waals surface area (Å²) in [5.74, 6) is -1.30. The Hall–Kier alpha value is -2.51. The molecule has 216 valence electrons. The van der Waals surface area contributed by atoms with E-state index in [4.69, 9.17) is 4.74 Å². The topological polar surface area (TPSA) is 70.6 Å². The summed E-state index contributed by atoms with van der Waals surface area (Å²) in [6.07, 6.45) is 4.28. The molecule has 7 heteroatoms. The molecule has 0 radical (unpaired) electrons. The van der Waals surface area contributed by atoms with Gasteiger partial charge >= 0.3 is 6.09 Å². The van der Waals surface area contributed by atoms with Gasteiger partial charge in [-0.3, -0.25) is 0 Å². The van der Waals surface area contributed by atoms with Crippen LogP contribution in [0.4, 0.5) is 13.6 Å². The molecular weight excluding hydrogens is 498 g/mol. The second-order valence-corrected chi connectivity index (χ2v) is 13.0. The summed E-state index contributed by atoms with van der Waals surface area (Å²) in [7, 11) is 0. The zero-order chi connectivity index (χ0) is 28.8. The van der Waals surface area contributed by atoms with Gasteiger partial charge < -0.3 is 20.5 Å². The quantitative estimate of drug-likeness (QED) is 0.321. The van der Waals surface area contributed by atoms with Crippen molar-refractivity contribution in [3.05, 3.63) is 70.8 Å². The average Bonchev–Trinajstić information content (AvgIpc) is 2.83. The van der Waals surface area contributed by atoms with Gasteiger partial charge in [-0.15, -0.1) is 0 Å². The lowest BCUT2D eigenvalue weighted by molar-refractivity contribution is 0.0399. The lowest BCUT2D eigenvalue weighted by atomic mass is 9.75. The molecule has 0 saturated heterocycles. The van der Waals surface area contributed by atoms with Crippen LogP contribution in [0.1, 0.15) is 96.8 Å².